The van der Waals surface area contributed by atoms with Gasteiger partial charge in [0.05, 0.1) is 25.8 Å². The molecule has 0 aromatic heterocycles. The number of hydrogen-bond donors (Lipinski definition) is 1. The Morgan fingerprint density at radius 3 is 2.58 bits per heavy atom. The van der Waals surface area contributed by atoms with E-state index < -0.39 is 11.7 Å². The molecule has 0 aliphatic rings. The van der Waals surface area contributed by atoms with Crippen molar-refractivity contribution in [2.75, 3.05) is 26.7 Å². The van der Waals surface area contributed by atoms with Crippen LogP contribution in [0.15, 0.2) is 18.2 Å². The fourth-order valence-corrected chi connectivity index (χ4v) is 1.69. The zero-order valence-electron chi connectivity index (χ0n) is 11.0. The summed E-state index contributed by atoms with van der Waals surface area (Å²) >= 11 is 0. The monoisotopic (exact) mass is 268 g/mol. The lowest BCUT2D eigenvalue weighted by atomic mass is 10.1. The molecular formula is C13H17FN2O3. The fourth-order valence-electron chi connectivity index (χ4n) is 1.69. The molecule has 0 heterocycles. The van der Waals surface area contributed by atoms with Gasteiger partial charge in [0.1, 0.15) is 11.6 Å². The number of halogens is 1. The SMILES string of the molecule is CCN(CC(N)=O)CC(=O)c1cc(F)ccc1OC. The van der Waals surface area contributed by atoms with Gasteiger partial charge in [-0.2, -0.15) is 0 Å². The van der Waals surface area contributed by atoms with E-state index >= 15 is 0 Å². The number of ether oxygens (including phenoxy) is 1. The highest BCUT2D eigenvalue weighted by molar-refractivity contribution is 6.00. The molecule has 0 saturated heterocycles. The van der Waals surface area contributed by atoms with Crippen molar-refractivity contribution in [1.29, 1.82) is 0 Å². The molecular weight excluding hydrogens is 251 g/mol. The highest BCUT2D eigenvalue weighted by atomic mass is 19.1. The summed E-state index contributed by atoms with van der Waals surface area (Å²) in [5, 5.41) is 0. The average Bonchev–Trinajstić information content (AvgIpc) is 2.37. The number of nitrogens with two attached hydrogens (primary N) is 1. The standard InChI is InChI=1S/C13H17FN2O3/c1-3-16(8-13(15)18)7-11(17)10-6-9(14)4-5-12(10)19-2/h4-6H,3,7-8H2,1-2H3,(H2,15,18). The first-order valence-corrected chi connectivity index (χ1v) is 5.85. The Hall–Kier alpha value is -1.95. The maximum atomic E-state index is 13.2. The molecule has 0 fully saturated rings. The van der Waals surface area contributed by atoms with Crippen molar-refractivity contribution in [3.63, 3.8) is 0 Å². The molecule has 1 amide bonds. The van der Waals surface area contributed by atoms with E-state index in [0.29, 0.717) is 12.3 Å². The Morgan fingerprint density at radius 2 is 2.05 bits per heavy atom. The molecule has 1 aromatic carbocycles. The summed E-state index contributed by atoms with van der Waals surface area (Å²) in [4.78, 5) is 24.5. The van der Waals surface area contributed by atoms with Crippen LogP contribution in [0.3, 0.4) is 0 Å². The molecule has 5 nitrogen and oxygen atoms in total. The lowest BCUT2D eigenvalue weighted by Crippen LogP contribution is -2.37. The summed E-state index contributed by atoms with van der Waals surface area (Å²) < 4.78 is 18.2. The van der Waals surface area contributed by atoms with Crippen molar-refractivity contribution in [2.45, 2.75) is 6.92 Å². The molecule has 0 radical (unpaired) electrons. The smallest absolute Gasteiger partial charge is 0.231 e. The van der Waals surface area contributed by atoms with Crippen LogP contribution < -0.4 is 10.5 Å². The van der Waals surface area contributed by atoms with Gasteiger partial charge in [0, 0.05) is 0 Å². The summed E-state index contributed by atoms with van der Waals surface area (Å²) in [6, 6.07) is 3.74. The minimum Gasteiger partial charge on any atom is -0.496 e. The Balaban J connectivity index is 2.87. The molecule has 0 aliphatic carbocycles. The number of likely N-dealkylation sites (N-methyl/N-ethyl adjacent to an activating group) is 1. The molecule has 1 aromatic rings. The number of ketones is 1. The van der Waals surface area contributed by atoms with Crippen molar-refractivity contribution in [3.8, 4) is 5.75 Å². The van der Waals surface area contributed by atoms with Gasteiger partial charge in [0.25, 0.3) is 0 Å². The van der Waals surface area contributed by atoms with Crippen LogP contribution in [0.1, 0.15) is 17.3 Å². The molecule has 0 bridgehead atoms. The van der Waals surface area contributed by atoms with Crippen molar-refractivity contribution >= 4 is 11.7 Å². The molecule has 0 aliphatic heterocycles. The molecule has 2 N–H and O–H groups in total. The summed E-state index contributed by atoms with van der Waals surface area (Å²) in [7, 11) is 1.41. The topological polar surface area (TPSA) is 72.6 Å². The van der Waals surface area contributed by atoms with Crippen LogP contribution in [0.5, 0.6) is 5.75 Å². The number of methoxy groups -OCH3 is 1. The summed E-state index contributed by atoms with van der Waals surface area (Å²) in [6.07, 6.45) is 0. The number of hydrogen-bond acceptors (Lipinski definition) is 4. The number of Topliss-reactive ketones (excluding diaryl/α,β-unsaturated/α-hetero) is 1. The Labute approximate surface area is 111 Å². The van der Waals surface area contributed by atoms with Gasteiger partial charge in [0.15, 0.2) is 5.78 Å². The number of primary amides is 1. The Kier molecular flexibility index (Phi) is 5.44. The summed E-state index contributed by atoms with van der Waals surface area (Å²) in [6.45, 7) is 2.27. The number of rotatable bonds is 7. The van der Waals surface area contributed by atoms with E-state index in [1.54, 1.807) is 11.8 Å². The van der Waals surface area contributed by atoms with Crippen molar-refractivity contribution < 1.29 is 18.7 Å². The Bertz CT molecular complexity index is 477. The maximum absolute atomic E-state index is 13.2. The molecule has 104 valence electrons. The van der Waals surface area contributed by atoms with Gasteiger partial charge in [-0.3, -0.25) is 14.5 Å². The molecule has 0 atom stereocenters. The highest BCUT2D eigenvalue weighted by Crippen LogP contribution is 2.20. The zero-order valence-corrected chi connectivity index (χ0v) is 11.0. The van der Waals surface area contributed by atoms with E-state index in [9.17, 15) is 14.0 Å². The number of benzene rings is 1. The average molecular weight is 268 g/mol. The van der Waals surface area contributed by atoms with Crippen LogP contribution in [0.25, 0.3) is 0 Å². The van der Waals surface area contributed by atoms with Crippen LogP contribution in [0.4, 0.5) is 4.39 Å². The van der Waals surface area contributed by atoms with E-state index in [4.69, 9.17) is 10.5 Å². The van der Waals surface area contributed by atoms with Gasteiger partial charge in [-0.25, -0.2) is 4.39 Å². The molecule has 1 rings (SSSR count). The lowest BCUT2D eigenvalue weighted by Gasteiger charge is -2.18. The first-order chi connectivity index (χ1) is 8.97. The second kappa shape index (κ2) is 6.84. The predicted octanol–water partition coefficient (Wildman–Crippen LogP) is 0.824. The van der Waals surface area contributed by atoms with Crippen molar-refractivity contribution in [1.82, 2.24) is 4.90 Å². The minimum atomic E-state index is -0.513. The van der Waals surface area contributed by atoms with Crippen molar-refractivity contribution in [3.05, 3.63) is 29.6 Å². The summed E-state index contributed by atoms with van der Waals surface area (Å²) in [5.41, 5.74) is 5.24. The van der Waals surface area contributed by atoms with Gasteiger partial charge in [-0.1, -0.05) is 6.92 Å². The number of carbonyl (C=O) groups is 2. The first kappa shape index (κ1) is 15.1. The second-order valence-corrected chi connectivity index (χ2v) is 4.04. The highest BCUT2D eigenvalue weighted by Gasteiger charge is 2.17. The number of nitrogens with zero attached hydrogens (tertiary/aromatic N) is 1. The van der Waals surface area contributed by atoms with Gasteiger partial charge < -0.3 is 10.5 Å². The van der Waals surface area contributed by atoms with E-state index in [1.165, 1.54) is 19.2 Å². The number of carbonyl (C=O) groups excluding carboxylic acids is 2. The first-order valence-electron chi connectivity index (χ1n) is 5.85. The van der Waals surface area contributed by atoms with Crippen molar-refractivity contribution in [2.24, 2.45) is 5.73 Å². The third kappa shape index (κ3) is 4.33. The largest absolute Gasteiger partial charge is 0.496 e. The van der Waals surface area contributed by atoms with Crippen LogP contribution in [-0.4, -0.2) is 43.3 Å². The van der Waals surface area contributed by atoms with Crippen LogP contribution in [0, 0.1) is 5.82 Å². The van der Waals surface area contributed by atoms with Crippen LogP contribution >= 0.6 is 0 Å². The molecule has 0 spiro atoms. The fraction of sp³-hybridized carbons (Fsp3) is 0.385. The Morgan fingerprint density at radius 1 is 1.37 bits per heavy atom. The normalized spacial score (nSPS) is 10.5. The third-order valence-electron chi connectivity index (χ3n) is 2.66. The van der Waals surface area contributed by atoms with Gasteiger partial charge in [-0.15, -0.1) is 0 Å². The minimum absolute atomic E-state index is 0.0140. The van der Waals surface area contributed by atoms with E-state index in [1.807, 2.05) is 0 Å². The third-order valence-corrected chi connectivity index (χ3v) is 2.66. The molecule has 19 heavy (non-hydrogen) atoms. The van der Waals surface area contributed by atoms with Gasteiger partial charge >= 0.3 is 0 Å². The predicted molar refractivity (Wildman–Crippen MR) is 68.6 cm³/mol. The second-order valence-electron chi connectivity index (χ2n) is 4.04. The lowest BCUT2D eigenvalue weighted by molar-refractivity contribution is -0.118. The van der Waals surface area contributed by atoms with E-state index in [-0.39, 0.29) is 24.4 Å². The van der Waals surface area contributed by atoms with Gasteiger partial charge in [0.2, 0.25) is 5.91 Å². The van der Waals surface area contributed by atoms with E-state index in [0.717, 1.165) is 6.07 Å². The quantitative estimate of drug-likeness (QED) is 0.743. The van der Waals surface area contributed by atoms with E-state index in [2.05, 4.69) is 0 Å². The number of amides is 1. The zero-order chi connectivity index (χ0) is 14.4. The molecule has 0 unspecified atom stereocenters. The maximum Gasteiger partial charge on any atom is 0.231 e. The molecule has 6 heteroatoms. The van der Waals surface area contributed by atoms with Crippen LogP contribution in [0.2, 0.25) is 0 Å². The van der Waals surface area contributed by atoms with Crippen LogP contribution in [-0.2, 0) is 4.79 Å². The molecule has 0 saturated carbocycles. The van der Waals surface area contributed by atoms with Gasteiger partial charge in [-0.05, 0) is 24.7 Å². The summed E-state index contributed by atoms with van der Waals surface area (Å²) in [5.74, 6) is -1.04.